The Kier molecular flexibility index (Phi) is 6.42. The third-order valence-electron chi connectivity index (χ3n) is 4.60. The minimum Gasteiger partial charge on any atom is -0.491 e. The monoisotopic (exact) mass is 319 g/mol. The number of benzene rings is 1. The summed E-state index contributed by atoms with van der Waals surface area (Å²) in [6, 6.07) is 7.89. The first kappa shape index (κ1) is 17.8. The molecule has 1 fully saturated rings. The molecule has 0 unspecified atom stereocenters. The Hall–Kier alpha value is -1.59. The van der Waals surface area contributed by atoms with E-state index in [0.717, 1.165) is 37.5 Å². The van der Waals surface area contributed by atoms with Crippen molar-refractivity contribution in [3.8, 4) is 5.75 Å². The van der Waals surface area contributed by atoms with Gasteiger partial charge in [0.1, 0.15) is 12.4 Å². The lowest BCUT2D eigenvalue weighted by Gasteiger charge is -2.37. The van der Waals surface area contributed by atoms with Crippen molar-refractivity contribution in [1.29, 1.82) is 0 Å². The molecule has 1 amide bonds. The smallest absolute Gasteiger partial charge is 0.239 e. The van der Waals surface area contributed by atoms with Crippen LogP contribution < -0.4 is 4.74 Å². The minimum atomic E-state index is -0.0628. The van der Waals surface area contributed by atoms with E-state index in [1.165, 1.54) is 0 Å². The zero-order chi connectivity index (χ0) is 16.8. The maximum atomic E-state index is 12.5. The minimum absolute atomic E-state index is 0.0628. The van der Waals surface area contributed by atoms with Crippen LogP contribution >= 0.6 is 0 Å². The van der Waals surface area contributed by atoms with Crippen molar-refractivity contribution < 1.29 is 9.53 Å². The van der Waals surface area contributed by atoms with E-state index in [1.54, 1.807) is 4.90 Å². The number of carbonyl (C=O) groups excluding carboxylic acids is 1. The van der Waals surface area contributed by atoms with E-state index in [4.69, 9.17) is 4.74 Å². The molecule has 0 N–H and O–H groups in total. The van der Waals surface area contributed by atoms with Crippen molar-refractivity contribution in [3.63, 3.8) is 0 Å². The van der Waals surface area contributed by atoms with Gasteiger partial charge in [-0.05, 0) is 32.5 Å². The van der Waals surface area contributed by atoms with Crippen molar-refractivity contribution in [3.05, 3.63) is 29.8 Å². The number of hydrogen-bond acceptors (Lipinski definition) is 4. The van der Waals surface area contributed by atoms with Crippen LogP contribution in [0.3, 0.4) is 0 Å². The lowest BCUT2D eigenvalue weighted by Crippen LogP contribution is -2.53. The Bertz CT molecular complexity index is 513. The van der Waals surface area contributed by atoms with Gasteiger partial charge in [0, 0.05) is 33.2 Å². The highest BCUT2D eigenvalue weighted by atomic mass is 16.5. The first-order valence-electron chi connectivity index (χ1n) is 8.35. The number of hydrogen-bond donors (Lipinski definition) is 0. The Balaban J connectivity index is 1.77. The number of nitrogens with zero attached hydrogens (tertiary/aromatic N) is 3. The van der Waals surface area contributed by atoms with Crippen molar-refractivity contribution >= 4 is 5.91 Å². The molecule has 0 bridgehead atoms. The number of para-hydroxylation sites is 1. The zero-order valence-electron chi connectivity index (χ0n) is 14.8. The summed E-state index contributed by atoms with van der Waals surface area (Å²) < 4.78 is 5.78. The second-order valence-corrected chi connectivity index (χ2v) is 6.39. The summed E-state index contributed by atoms with van der Waals surface area (Å²) in [4.78, 5) is 18.9. The second kappa shape index (κ2) is 8.31. The molecular formula is C18H29N3O2. The summed E-state index contributed by atoms with van der Waals surface area (Å²) in [5.74, 6) is 1.06. The Morgan fingerprint density at radius 2 is 1.91 bits per heavy atom. The largest absolute Gasteiger partial charge is 0.491 e. The fraction of sp³-hybridized carbons (Fsp3) is 0.611. The van der Waals surface area contributed by atoms with E-state index < -0.39 is 0 Å². The maximum Gasteiger partial charge on any atom is 0.239 e. The quantitative estimate of drug-likeness (QED) is 0.795. The summed E-state index contributed by atoms with van der Waals surface area (Å²) in [5, 5.41) is 0. The molecular weight excluding hydrogens is 290 g/mol. The van der Waals surface area contributed by atoms with E-state index in [9.17, 15) is 4.79 Å². The highest BCUT2D eigenvalue weighted by Gasteiger charge is 2.26. The van der Waals surface area contributed by atoms with Crippen LogP contribution in [0.1, 0.15) is 12.5 Å². The molecule has 1 aliphatic heterocycles. The van der Waals surface area contributed by atoms with Crippen LogP contribution in [0.25, 0.3) is 0 Å². The van der Waals surface area contributed by atoms with Crippen LogP contribution in [-0.4, -0.2) is 80.1 Å². The number of likely N-dealkylation sites (N-methyl/N-ethyl adjacent to an activating group) is 2. The fourth-order valence-corrected chi connectivity index (χ4v) is 2.81. The van der Waals surface area contributed by atoms with Crippen LogP contribution in [-0.2, 0) is 4.79 Å². The number of carbonyl (C=O) groups is 1. The predicted octanol–water partition coefficient (Wildman–Crippen LogP) is 1.47. The van der Waals surface area contributed by atoms with Crippen LogP contribution in [0.15, 0.2) is 24.3 Å². The molecule has 128 valence electrons. The molecule has 5 nitrogen and oxygen atoms in total. The third-order valence-corrected chi connectivity index (χ3v) is 4.60. The number of piperazine rings is 1. The lowest BCUT2D eigenvalue weighted by atomic mass is 10.2. The standard InChI is InChI=1S/C18H29N3O2/c1-15-7-5-6-8-17(15)23-14-13-20(4)18(22)16(2)21-11-9-19(3)10-12-21/h5-8,16H,9-14H2,1-4H3/t16-/m1/s1. The molecule has 1 saturated heterocycles. The molecule has 23 heavy (non-hydrogen) atoms. The highest BCUT2D eigenvalue weighted by Crippen LogP contribution is 2.16. The van der Waals surface area contributed by atoms with Gasteiger partial charge in [-0.3, -0.25) is 9.69 Å². The highest BCUT2D eigenvalue weighted by molar-refractivity contribution is 5.81. The molecule has 5 heteroatoms. The molecule has 0 saturated carbocycles. The van der Waals surface area contributed by atoms with Gasteiger partial charge in [-0.15, -0.1) is 0 Å². The molecule has 1 aromatic carbocycles. The molecule has 0 aliphatic carbocycles. The molecule has 0 aromatic heterocycles. The number of rotatable bonds is 6. The maximum absolute atomic E-state index is 12.5. The zero-order valence-corrected chi connectivity index (χ0v) is 14.8. The molecule has 1 heterocycles. The lowest BCUT2D eigenvalue weighted by molar-refractivity contribution is -0.136. The Labute approximate surface area is 139 Å². The van der Waals surface area contributed by atoms with E-state index in [1.807, 2.05) is 45.2 Å². The van der Waals surface area contributed by atoms with Crippen molar-refractivity contribution in [2.45, 2.75) is 19.9 Å². The van der Waals surface area contributed by atoms with Gasteiger partial charge < -0.3 is 14.5 Å². The van der Waals surface area contributed by atoms with Crippen molar-refractivity contribution in [2.24, 2.45) is 0 Å². The van der Waals surface area contributed by atoms with Gasteiger partial charge in [0.25, 0.3) is 0 Å². The molecule has 2 rings (SSSR count). The van der Waals surface area contributed by atoms with Crippen LogP contribution in [0.2, 0.25) is 0 Å². The van der Waals surface area contributed by atoms with Gasteiger partial charge in [-0.1, -0.05) is 18.2 Å². The van der Waals surface area contributed by atoms with Crippen LogP contribution in [0.4, 0.5) is 0 Å². The Morgan fingerprint density at radius 1 is 1.26 bits per heavy atom. The topological polar surface area (TPSA) is 36.0 Å². The molecule has 0 radical (unpaired) electrons. The van der Waals surface area contributed by atoms with Gasteiger partial charge in [0.2, 0.25) is 5.91 Å². The molecule has 1 atom stereocenters. The SMILES string of the molecule is Cc1ccccc1OCCN(C)C(=O)[C@@H](C)N1CCN(C)CC1. The summed E-state index contributed by atoms with van der Waals surface area (Å²) in [6.07, 6.45) is 0. The second-order valence-electron chi connectivity index (χ2n) is 6.39. The summed E-state index contributed by atoms with van der Waals surface area (Å²) in [6.45, 7) is 9.11. The summed E-state index contributed by atoms with van der Waals surface area (Å²) in [7, 11) is 3.98. The first-order chi connectivity index (χ1) is 11.0. The number of aryl methyl sites for hydroxylation is 1. The van der Waals surface area contributed by atoms with Gasteiger partial charge in [0.15, 0.2) is 0 Å². The van der Waals surface area contributed by atoms with Gasteiger partial charge in [-0.25, -0.2) is 0 Å². The van der Waals surface area contributed by atoms with Crippen LogP contribution in [0.5, 0.6) is 5.75 Å². The predicted molar refractivity (Wildman–Crippen MR) is 92.8 cm³/mol. The fourth-order valence-electron chi connectivity index (χ4n) is 2.81. The molecule has 1 aromatic rings. The van der Waals surface area contributed by atoms with E-state index in [-0.39, 0.29) is 11.9 Å². The Morgan fingerprint density at radius 3 is 2.57 bits per heavy atom. The molecule has 1 aliphatic rings. The third kappa shape index (κ3) is 4.94. The van der Waals surface area contributed by atoms with E-state index in [2.05, 4.69) is 16.8 Å². The summed E-state index contributed by atoms with van der Waals surface area (Å²) in [5.41, 5.74) is 1.12. The van der Waals surface area contributed by atoms with E-state index in [0.29, 0.717) is 13.2 Å². The van der Waals surface area contributed by atoms with Gasteiger partial charge >= 0.3 is 0 Å². The van der Waals surface area contributed by atoms with Crippen molar-refractivity contribution in [2.75, 3.05) is 53.4 Å². The van der Waals surface area contributed by atoms with Gasteiger partial charge in [0.05, 0.1) is 12.6 Å². The average Bonchev–Trinajstić information content (AvgIpc) is 2.56. The molecule has 0 spiro atoms. The number of ether oxygens (including phenoxy) is 1. The summed E-state index contributed by atoms with van der Waals surface area (Å²) >= 11 is 0. The average molecular weight is 319 g/mol. The van der Waals surface area contributed by atoms with Crippen LogP contribution in [0, 0.1) is 6.92 Å². The van der Waals surface area contributed by atoms with Gasteiger partial charge in [-0.2, -0.15) is 0 Å². The first-order valence-corrected chi connectivity index (χ1v) is 8.35. The van der Waals surface area contributed by atoms with E-state index >= 15 is 0 Å². The normalized spacial score (nSPS) is 17.7. The number of amides is 1. The van der Waals surface area contributed by atoms with Crippen molar-refractivity contribution in [1.82, 2.24) is 14.7 Å².